The van der Waals surface area contributed by atoms with Crippen molar-refractivity contribution in [3.8, 4) is 11.5 Å². The zero-order chi connectivity index (χ0) is 21.1. The Bertz CT molecular complexity index is 587. The van der Waals surface area contributed by atoms with E-state index < -0.39 is 16.9 Å². The van der Waals surface area contributed by atoms with Gasteiger partial charge in [0, 0.05) is 35.6 Å². The Morgan fingerprint density at radius 2 is 1.69 bits per heavy atom. The van der Waals surface area contributed by atoms with E-state index in [-0.39, 0.29) is 13.6 Å². The van der Waals surface area contributed by atoms with E-state index in [9.17, 15) is 0 Å². The third-order valence-electron chi connectivity index (χ3n) is 5.21. The summed E-state index contributed by atoms with van der Waals surface area (Å²) in [4.78, 5) is 0. The van der Waals surface area contributed by atoms with Crippen LogP contribution >= 0.6 is 0 Å². The highest BCUT2D eigenvalue weighted by atomic mass is 28.3. The monoisotopic (exact) mass is 439 g/mol. The van der Waals surface area contributed by atoms with Gasteiger partial charge in [0.25, 0.3) is 0 Å². The summed E-state index contributed by atoms with van der Waals surface area (Å²) < 4.78 is 23.6. The number of hydrogen-bond acceptors (Lipinski definition) is 5. The standard InChI is InChI=1S/C22H41NO4Si2/c1-28(2)15-13-24-17-26-21-8-6-7-20(19-9-11-23-12-10-19)22(21)27-18-25-14-16-29(3,4)5/h6-8,19,23,28H,9-18H2,1-5H3. The maximum absolute atomic E-state index is 6.13. The number of para-hydroxylation sites is 1. The fraction of sp³-hybridized carbons (Fsp3) is 0.727. The minimum absolute atomic E-state index is 0.266. The number of hydrogen-bond donors (Lipinski definition) is 1. The molecule has 0 amide bonds. The van der Waals surface area contributed by atoms with Crippen molar-refractivity contribution in [3.63, 3.8) is 0 Å². The largest absolute Gasteiger partial charge is 0.464 e. The highest BCUT2D eigenvalue weighted by Gasteiger charge is 2.22. The topological polar surface area (TPSA) is 49.0 Å². The number of benzene rings is 1. The molecule has 0 unspecified atom stereocenters. The summed E-state index contributed by atoms with van der Waals surface area (Å²) in [5.74, 6) is 2.08. The second-order valence-corrected chi connectivity index (χ2v) is 18.5. The molecule has 0 atom stereocenters. The first-order chi connectivity index (χ1) is 13.9. The molecule has 7 heteroatoms. The maximum Gasteiger partial charge on any atom is 0.189 e. The van der Waals surface area contributed by atoms with Gasteiger partial charge in [-0.15, -0.1) is 0 Å². The predicted molar refractivity (Wildman–Crippen MR) is 126 cm³/mol. The predicted octanol–water partition coefficient (Wildman–Crippen LogP) is 4.68. The van der Waals surface area contributed by atoms with Crippen LogP contribution in [0.1, 0.15) is 24.3 Å². The first-order valence-corrected chi connectivity index (χ1v) is 17.9. The summed E-state index contributed by atoms with van der Waals surface area (Å²) in [5, 5.41) is 3.44. The summed E-state index contributed by atoms with van der Waals surface area (Å²) in [6.07, 6.45) is 2.23. The molecule has 5 nitrogen and oxygen atoms in total. The van der Waals surface area contributed by atoms with Crippen LogP contribution in [0.15, 0.2) is 18.2 Å². The van der Waals surface area contributed by atoms with Crippen LogP contribution in [0.2, 0.25) is 44.8 Å². The molecular weight excluding hydrogens is 398 g/mol. The second kappa shape index (κ2) is 12.7. The lowest BCUT2D eigenvalue weighted by Crippen LogP contribution is -2.27. The van der Waals surface area contributed by atoms with Crippen LogP contribution in [0, 0.1) is 0 Å². The Morgan fingerprint density at radius 3 is 2.38 bits per heavy atom. The molecule has 1 N–H and O–H groups in total. The van der Waals surface area contributed by atoms with Gasteiger partial charge in [-0.05, 0) is 50.0 Å². The number of piperidine rings is 1. The first-order valence-electron chi connectivity index (χ1n) is 11.1. The molecule has 1 aliphatic heterocycles. The van der Waals surface area contributed by atoms with Crippen LogP contribution in [-0.2, 0) is 9.47 Å². The summed E-state index contributed by atoms with van der Waals surface area (Å²) >= 11 is 0. The van der Waals surface area contributed by atoms with Crippen molar-refractivity contribution in [2.45, 2.75) is 63.6 Å². The van der Waals surface area contributed by atoms with Crippen LogP contribution in [0.25, 0.3) is 0 Å². The van der Waals surface area contributed by atoms with E-state index in [2.05, 4.69) is 50.2 Å². The molecule has 0 radical (unpaired) electrons. The van der Waals surface area contributed by atoms with Gasteiger partial charge in [0.05, 0.1) is 0 Å². The molecule has 0 aromatic heterocycles. The normalized spacial score (nSPS) is 15.7. The highest BCUT2D eigenvalue weighted by Crippen LogP contribution is 2.39. The van der Waals surface area contributed by atoms with E-state index in [1.165, 1.54) is 11.6 Å². The molecule has 1 fully saturated rings. The van der Waals surface area contributed by atoms with Crippen molar-refractivity contribution in [3.05, 3.63) is 23.8 Å². The maximum atomic E-state index is 6.13. The summed E-state index contributed by atoms with van der Waals surface area (Å²) in [7, 11) is -1.68. The van der Waals surface area contributed by atoms with Crippen molar-refractivity contribution >= 4 is 16.9 Å². The van der Waals surface area contributed by atoms with Gasteiger partial charge in [0.15, 0.2) is 25.1 Å². The van der Waals surface area contributed by atoms with E-state index in [4.69, 9.17) is 18.9 Å². The molecule has 1 aromatic carbocycles. The van der Waals surface area contributed by atoms with Crippen LogP contribution in [0.4, 0.5) is 0 Å². The average molecular weight is 440 g/mol. The summed E-state index contributed by atoms with van der Waals surface area (Å²) in [5.41, 5.74) is 1.23. The molecule has 0 aliphatic carbocycles. The Labute approximate surface area is 180 Å². The molecule has 1 heterocycles. The smallest absolute Gasteiger partial charge is 0.189 e. The quantitative estimate of drug-likeness (QED) is 0.275. The van der Waals surface area contributed by atoms with Gasteiger partial charge in [0.1, 0.15) is 0 Å². The summed E-state index contributed by atoms with van der Waals surface area (Å²) in [6.45, 7) is 15.9. The van der Waals surface area contributed by atoms with Gasteiger partial charge >= 0.3 is 0 Å². The SMILES string of the molecule is C[SiH](C)CCOCOc1cccc(C2CCNCC2)c1OCOCC[Si](C)(C)C. The number of nitrogens with one attached hydrogen (secondary N) is 1. The van der Waals surface area contributed by atoms with Gasteiger partial charge in [0.2, 0.25) is 0 Å². The Hall–Kier alpha value is -0.866. The van der Waals surface area contributed by atoms with Gasteiger partial charge in [-0.2, -0.15) is 0 Å². The first kappa shape index (κ1) is 24.4. The molecule has 0 spiro atoms. The Kier molecular flexibility index (Phi) is 10.7. The summed E-state index contributed by atoms with van der Waals surface area (Å²) in [6, 6.07) is 8.52. The molecule has 29 heavy (non-hydrogen) atoms. The third kappa shape index (κ3) is 9.66. The molecule has 1 saturated heterocycles. The van der Waals surface area contributed by atoms with Crippen molar-refractivity contribution in [1.29, 1.82) is 0 Å². The van der Waals surface area contributed by atoms with E-state index in [0.29, 0.717) is 5.92 Å². The van der Waals surface area contributed by atoms with Gasteiger partial charge in [-0.25, -0.2) is 0 Å². The zero-order valence-corrected chi connectivity index (χ0v) is 21.2. The van der Waals surface area contributed by atoms with Crippen molar-refractivity contribution < 1.29 is 18.9 Å². The van der Waals surface area contributed by atoms with Crippen molar-refractivity contribution in [2.24, 2.45) is 0 Å². The lowest BCUT2D eigenvalue weighted by molar-refractivity contribution is 0.00515. The molecule has 1 aromatic rings. The minimum atomic E-state index is -1.09. The minimum Gasteiger partial charge on any atom is -0.464 e. The van der Waals surface area contributed by atoms with E-state index in [1.807, 2.05) is 6.07 Å². The van der Waals surface area contributed by atoms with Gasteiger partial charge in [-0.1, -0.05) is 44.9 Å². The van der Waals surface area contributed by atoms with E-state index in [0.717, 1.165) is 56.7 Å². The van der Waals surface area contributed by atoms with Crippen LogP contribution in [0.5, 0.6) is 11.5 Å². The molecular formula is C22H41NO4Si2. The van der Waals surface area contributed by atoms with Crippen LogP contribution in [-0.4, -0.2) is 56.8 Å². The lowest BCUT2D eigenvalue weighted by atomic mass is 9.89. The van der Waals surface area contributed by atoms with E-state index in [1.54, 1.807) is 0 Å². The highest BCUT2D eigenvalue weighted by molar-refractivity contribution is 6.76. The molecule has 0 saturated carbocycles. The number of ether oxygens (including phenoxy) is 4. The fourth-order valence-corrected chi connectivity index (χ4v) is 4.67. The molecule has 0 bridgehead atoms. The van der Waals surface area contributed by atoms with Gasteiger partial charge < -0.3 is 24.3 Å². The average Bonchev–Trinajstić information content (AvgIpc) is 2.67. The second-order valence-electron chi connectivity index (χ2n) is 9.53. The Balaban J connectivity index is 1.98. The van der Waals surface area contributed by atoms with E-state index >= 15 is 0 Å². The number of rotatable bonds is 13. The molecule has 2 rings (SSSR count). The molecule has 1 aliphatic rings. The Morgan fingerprint density at radius 1 is 1.00 bits per heavy atom. The zero-order valence-electron chi connectivity index (χ0n) is 19.1. The van der Waals surface area contributed by atoms with Crippen molar-refractivity contribution in [2.75, 3.05) is 39.9 Å². The van der Waals surface area contributed by atoms with Crippen LogP contribution in [0.3, 0.4) is 0 Å². The van der Waals surface area contributed by atoms with Gasteiger partial charge in [-0.3, -0.25) is 0 Å². The molecule has 166 valence electrons. The third-order valence-corrected chi connectivity index (χ3v) is 8.30. The van der Waals surface area contributed by atoms with Crippen molar-refractivity contribution in [1.82, 2.24) is 5.32 Å². The lowest BCUT2D eigenvalue weighted by Gasteiger charge is -2.26. The van der Waals surface area contributed by atoms with Crippen LogP contribution < -0.4 is 14.8 Å². The fourth-order valence-electron chi connectivity index (χ4n) is 3.28.